The normalized spacial score (nSPS) is 11.2. The number of carbonyl (C=O) groups excluding carboxylic acids is 1. The van der Waals surface area contributed by atoms with E-state index in [1.165, 1.54) is 44.9 Å². The number of aromatic hydroxyl groups is 1. The van der Waals surface area contributed by atoms with Crippen LogP contribution in [-0.2, 0) is 11.3 Å². The summed E-state index contributed by atoms with van der Waals surface area (Å²) in [5.74, 6) is -0.137. The Morgan fingerprint density at radius 3 is 2.35 bits per heavy atom. The predicted octanol–water partition coefficient (Wildman–Crippen LogP) is 5.97. The fourth-order valence-electron chi connectivity index (χ4n) is 3.62. The molecule has 1 N–H and O–H groups in total. The lowest BCUT2D eigenvalue weighted by atomic mass is 10.1. The van der Waals surface area contributed by atoms with E-state index < -0.39 is 0 Å². The van der Waals surface area contributed by atoms with Crippen molar-refractivity contribution in [1.82, 2.24) is 4.57 Å². The van der Waals surface area contributed by atoms with Gasteiger partial charge in [0.25, 0.3) is 0 Å². The third-order valence-electron chi connectivity index (χ3n) is 5.02. The van der Waals surface area contributed by atoms with Crippen LogP contribution in [0, 0.1) is 6.92 Å². The van der Waals surface area contributed by atoms with Crippen molar-refractivity contribution in [2.75, 3.05) is 6.61 Å². The molecule has 4 nitrogen and oxygen atoms in total. The first-order chi connectivity index (χ1) is 12.6. The fraction of sp³-hybridized carbons (Fsp3) is 0.591. The Balaban J connectivity index is 2.05. The average molecular weight is 360 g/mol. The number of rotatable bonds is 11. The van der Waals surface area contributed by atoms with Gasteiger partial charge in [-0.2, -0.15) is 0 Å². The van der Waals surface area contributed by atoms with Gasteiger partial charge < -0.3 is 14.4 Å². The number of aryl methyl sites for hydroxylation is 1. The number of esters is 1. The van der Waals surface area contributed by atoms with Crippen LogP contribution >= 0.6 is 0 Å². The van der Waals surface area contributed by atoms with Crippen LogP contribution in [0.4, 0.5) is 0 Å². The van der Waals surface area contributed by atoms with Gasteiger partial charge in [0, 0.05) is 23.1 Å². The molecule has 0 saturated heterocycles. The minimum absolute atomic E-state index is 0.173. The molecule has 0 bridgehead atoms. The van der Waals surface area contributed by atoms with E-state index in [1.54, 1.807) is 12.1 Å². The molecule has 1 aromatic carbocycles. The Hall–Kier alpha value is -1.97. The summed E-state index contributed by atoms with van der Waals surface area (Å²) in [6.07, 6.45) is 10.2. The van der Waals surface area contributed by atoms with Gasteiger partial charge >= 0.3 is 5.97 Å². The van der Waals surface area contributed by atoms with Gasteiger partial charge in [-0.05, 0) is 38.5 Å². The number of phenolic OH excluding ortho intramolecular Hbond substituents is 1. The van der Waals surface area contributed by atoms with E-state index in [0.717, 1.165) is 29.6 Å². The second-order valence-electron chi connectivity index (χ2n) is 7.01. The molecule has 0 spiro atoms. The van der Waals surface area contributed by atoms with Crippen LogP contribution in [0.2, 0.25) is 0 Å². The van der Waals surface area contributed by atoms with Crippen molar-refractivity contribution in [1.29, 1.82) is 0 Å². The van der Waals surface area contributed by atoms with Crippen LogP contribution in [0.25, 0.3) is 10.9 Å². The number of aromatic nitrogens is 1. The summed E-state index contributed by atoms with van der Waals surface area (Å²) in [7, 11) is 0. The topological polar surface area (TPSA) is 51.5 Å². The minimum atomic E-state index is -0.310. The molecule has 144 valence electrons. The summed E-state index contributed by atoms with van der Waals surface area (Å²) in [6.45, 7) is 7.26. The highest BCUT2D eigenvalue weighted by Gasteiger charge is 2.21. The molecule has 0 unspecified atom stereocenters. The van der Waals surface area contributed by atoms with Gasteiger partial charge in [0.1, 0.15) is 5.75 Å². The lowest BCUT2D eigenvalue weighted by Crippen LogP contribution is -2.07. The monoisotopic (exact) mass is 359 g/mol. The highest BCUT2D eigenvalue weighted by molar-refractivity contribution is 6.06. The Labute approximate surface area is 157 Å². The molecule has 0 amide bonds. The number of benzene rings is 1. The molecule has 4 heteroatoms. The number of phenols is 1. The molecule has 26 heavy (non-hydrogen) atoms. The molecule has 0 aliphatic carbocycles. The summed E-state index contributed by atoms with van der Waals surface area (Å²) in [6, 6.07) is 5.24. The number of carbonyl (C=O) groups is 1. The molecular formula is C22H33NO3. The molecular weight excluding hydrogens is 326 g/mol. The van der Waals surface area contributed by atoms with E-state index >= 15 is 0 Å². The first kappa shape index (κ1) is 20.3. The number of ether oxygens (including phenoxy) is 1. The average Bonchev–Trinajstić information content (AvgIpc) is 2.88. The maximum atomic E-state index is 12.4. The third-order valence-corrected chi connectivity index (χ3v) is 5.02. The first-order valence-electron chi connectivity index (χ1n) is 10.1. The van der Waals surface area contributed by atoms with E-state index in [1.807, 2.05) is 19.9 Å². The predicted molar refractivity (Wildman–Crippen MR) is 107 cm³/mol. The molecule has 0 aliphatic heterocycles. The molecule has 1 heterocycles. The summed E-state index contributed by atoms with van der Waals surface area (Å²) < 4.78 is 7.42. The van der Waals surface area contributed by atoms with Crippen LogP contribution in [0.3, 0.4) is 0 Å². The maximum absolute atomic E-state index is 12.4. The molecule has 0 atom stereocenters. The molecule has 0 radical (unpaired) electrons. The van der Waals surface area contributed by atoms with Gasteiger partial charge in [0.05, 0.1) is 12.2 Å². The molecule has 0 aliphatic rings. The Bertz CT molecular complexity index is 718. The summed E-state index contributed by atoms with van der Waals surface area (Å²) in [4.78, 5) is 12.4. The van der Waals surface area contributed by atoms with Crippen molar-refractivity contribution in [2.45, 2.75) is 78.7 Å². The SMILES string of the molecule is CCCCCCCCCCn1c(C)c(C(=O)OCC)c2cc(O)ccc21. The van der Waals surface area contributed by atoms with Crippen molar-refractivity contribution in [2.24, 2.45) is 0 Å². The zero-order valence-electron chi connectivity index (χ0n) is 16.5. The van der Waals surface area contributed by atoms with Crippen LogP contribution in [0.5, 0.6) is 5.75 Å². The van der Waals surface area contributed by atoms with Gasteiger partial charge in [-0.15, -0.1) is 0 Å². The van der Waals surface area contributed by atoms with Crippen molar-refractivity contribution in [3.8, 4) is 5.75 Å². The van der Waals surface area contributed by atoms with Crippen LogP contribution in [0.15, 0.2) is 18.2 Å². The Morgan fingerprint density at radius 1 is 1.04 bits per heavy atom. The first-order valence-corrected chi connectivity index (χ1v) is 10.1. The van der Waals surface area contributed by atoms with Gasteiger partial charge in [0.15, 0.2) is 0 Å². The van der Waals surface area contributed by atoms with Crippen LogP contribution < -0.4 is 0 Å². The fourth-order valence-corrected chi connectivity index (χ4v) is 3.62. The summed E-state index contributed by atoms with van der Waals surface area (Å²) >= 11 is 0. The lowest BCUT2D eigenvalue weighted by molar-refractivity contribution is 0.0527. The van der Waals surface area contributed by atoms with E-state index in [2.05, 4.69) is 11.5 Å². The largest absolute Gasteiger partial charge is 0.508 e. The zero-order valence-corrected chi connectivity index (χ0v) is 16.5. The van der Waals surface area contributed by atoms with Gasteiger partial charge in [-0.3, -0.25) is 0 Å². The number of nitrogens with zero attached hydrogens (tertiary/aromatic N) is 1. The smallest absolute Gasteiger partial charge is 0.340 e. The number of hydrogen-bond acceptors (Lipinski definition) is 3. The highest BCUT2D eigenvalue weighted by atomic mass is 16.5. The second kappa shape index (κ2) is 10.2. The summed E-state index contributed by atoms with van der Waals surface area (Å²) in [5.41, 5.74) is 2.50. The second-order valence-corrected chi connectivity index (χ2v) is 7.01. The number of unbranched alkanes of at least 4 members (excludes halogenated alkanes) is 7. The molecule has 2 aromatic rings. The number of hydrogen-bond donors (Lipinski definition) is 1. The van der Waals surface area contributed by atoms with Crippen LogP contribution in [0.1, 0.15) is 81.3 Å². The Morgan fingerprint density at radius 2 is 1.69 bits per heavy atom. The standard InChI is InChI=1S/C22H33NO3/c1-4-6-7-8-9-10-11-12-15-23-17(3)21(22(25)26-5-2)19-16-18(24)13-14-20(19)23/h13-14,16,24H,4-12,15H2,1-3H3. The highest BCUT2D eigenvalue weighted by Crippen LogP contribution is 2.30. The minimum Gasteiger partial charge on any atom is -0.508 e. The van der Waals surface area contributed by atoms with Crippen molar-refractivity contribution in [3.63, 3.8) is 0 Å². The third kappa shape index (κ3) is 5.03. The molecule has 0 saturated carbocycles. The van der Waals surface area contributed by atoms with Gasteiger partial charge in [-0.1, -0.05) is 51.9 Å². The molecule has 2 rings (SSSR count). The van der Waals surface area contributed by atoms with E-state index in [0.29, 0.717) is 12.2 Å². The zero-order chi connectivity index (χ0) is 18.9. The quantitative estimate of drug-likeness (QED) is 0.397. The molecule has 1 aromatic heterocycles. The van der Waals surface area contributed by atoms with Crippen LogP contribution in [-0.4, -0.2) is 22.2 Å². The van der Waals surface area contributed by atoms with Gasteiger partial charge in [-0.25, -0.2) is 4.79 Å². The van der Waals surface area contributed by atoms with Crippen molar-refractivity contribution in [3.05, 3.63) is 29.5 Å². The van der Waals surface area contributed by atoms with E-state index in [9.17, 15) is 9.90 Å². The summed E-state index contributed by atoms with van der Waals surface area (Å²) in [5, 5.41) is 10.6. The van der Waals surface area contributed by atoms with E-state index in [4.69, 9.17) is 4.74 Å². The van der Waals surface area contributed by atoms with Crippen molar-refractivity contribution < 1.29 is 14.6 Å². The van der Waals surface area contributed by atoms with Gasteiger partial charge in [0.2, 0.25) is 0 Å². The maximum Gasteiger partial charge on any atom is 0.340 e. The Kier molecular flexibility index (Phi) is 8.02. The molecule has 0 fully saturated rings. The lowest BCUT2D eigenvalue weighted by Gasteiger charge is -2.09. The van der Waals surface area contributed by atoms with Crippen molar-refractivity contribution >= 4 is 16.9 Å². The number of fused-ring (bicyclic) bond motifs is 1. The van der Waals surface area contributed by atoms with E-state index in [-0.39, 0.29) is 11.7 Å².